The summed E-state index contributed by atoms with van der Waals surface area (Å²) in [6, 6.07) is 9.84. The number of thioether (sulfide) groups is 1. The van der Waals surface area contributed by atoms with Crippen LogP contribution in [0.4, 0.5) is 0 Å². The zero-order valence-corrected chi connectivity index (χ0v) is 19.0. The van der Waals surface area contributed by atoms with Crippen molar-refractivity contribution in [1.29, 1.82) is 0 Å². The van der Waals surface area contributed by atoms with E-state index >= 15 is 0 Å². The first-order valence-corrected chi connectivity index (χ1v) is 13.2. The molecule has 1 aliphatic heterocycles. The van der Waals surface area contributed by atoms with Gasteiger partial charge in [-0.3, -0.25) is 9.20 Å². The van der Waals surface area contributed by atoms with Crippen LogP contribution in [0.3, 0.4) is 0 Å². The van der Waals surface area contributed by atoms with E-state index in [0.717, 1.165) is 26.6 Å². The molecule has 10 heteroatoms. The molecule has 3 aromatic heterocycles. The summed E-state index contributed by atoms with van der Waals surface area (Å²) in [5.41, 5.74) is 3.46. The third-order valence-corrected chi connectivity index (χ3v) is 9.29. The van der Waals surface area contributed by atoms with Crippen molar-refractivity contribution in [2.75, 3.05) is 17.3 Å². The van der Waals surface area contributed by atoms with Crippen LogP contribution >= 0.6 is 23.1 Å². The molecule has 0 spiro atoms. The van der Waals surface area contributed by atoms with Gasteiger partial charge in [0.25, 0.3) is 0 Å². The largest absolute Gasteiger partial charge is 0.344 e. The van der Waals surface area contributed by atoms with Gasteiger partial charge in [0.15, 0.2) is 20.8 Å². The lowest BCUT2D eigenvalue weighted by Crippen LogP contribution is -2.14. The molecular weight excluding hydrogens is 440 g/mol. The Bertz CT molecular complexity index is 1400. The van der Waals surface area contributed by atoms with E-state index in [1.165, 1.54) is 11.8 Å². The predicted molar refractivity (Wildman–Crippen MR) is 120 cm³/mol. The quantitative estimate of drug-likeness (QED) is 0.333. The smallest absolute Gasteiger partial charge is 0.217 e. The molecule has 4 heterocycles. The Labute approximate surface area is 182 Å². The van der Waals surface area contributed by atoms with E-state index in [0.29, 0.717) is 17.1 Å². The lowest BCUT2D eigenvalue weighted by atomic mass is 10.2. The fraction of sp³-hybridized carbons (Fsp3) is 0.350. The number of rotatable bonds is 5. The molecule has 1 saturated heterocycles. The molecular formula is C20H20N4O3S3. The van der Waals surface area contributed by atoms with Crippen molar-refractivity contribution in [3.63, 3.8) is 0 Å². The highest BCUT2D eigenvalue weighted by atomic mass is 32.2. The Morgan fingerprint density at radius 3 is 2.83 bits per heavy atom. The van der Waals surface area contributed by atoms with Crippen LogP contribution < -0.4 is 0 Å². The number of fused-ring (bicyclic) bond motifs is 3. The van der Waals surface area contributed by atoms with Gasteiger partial charge in [-0.2, -0.15) is 0 Å². The van der Waals surface area contributed by atoms with Gasteiger partial charge in [0.2, 0.25) is 4.96 Å². The van der Waals surface area contributed by atoms with Crippen molar-refractivity contribution in [3.05, 3.63) is 47.3 Å². The van der Waals surface area contributed by atoms with Crippen molar-refractivity contribution in [3.8, 4) is 0 Å². The number of para-hydroxylation sites is 1. The Kier molecular flexibility index (Phi) is 4.75. The van der Waals surface area contributed by atoms with Gasteiger partial charge in [-0.1, -0.05) is 35.2 Å². The molecule has 1 fully saturated rings. The number of Topliss-reactive ketones (excluding diaryl/α,β-unsaturated/α-hetero) is 1. The second-order valence-corrected chi connectivity index (χ2v) is 11.8. The highest BCUT2D eigenvalue weighted by Gasteiger charge is 2.31. The van der Waals surface area contributed by atoms with Gasteiger partial charge in [0.1, 0.15) is 0 Å². The van der Waals surface area contributed by atoms with Crippen molar-refractivity contribution < 1.29 is 13.2 Å². The van der Waals surface area contributed by atoms with Crippen molar-refractivity contribution in [1.82, 2.24) is 19.2 Å². The van der Waals surface area contributed by atoms with Crippen molar-refractivity contribution >= 4 is 53.9 Å². The third-order valence-electron chi connectivity index (χ3n) is 5.60. The molecule has 0 amide bonds. The van der Waals surface area contributed by atoms with Gasteiger partial charge in [0.05, 0.1) is 27.5 Å². The topological polar surface area (TPSA) is 86.3 Å². The van der Waals surface area contributed by atoms with Gasteiger partial charge in [-0.05, 0) is 38.5 Å². The molecule has 4 aromatic rings. The van der Waals surface area contributed by atoms with Gasteiger partial charge >= 0.3 is 0 Å². The highest BCUT2D eigenvalue weighted by molar-refractivity contribution is 7.99. The normalized spacial score (nSPS) is 18.5. The summed E-state index contributed by atoms with van der Waals surface area (Å²) in [7, 11) is -2.99. The fourth-order valence-corrected chi connectivity index (χ4v) is 7.81. The van der Waals surface area contributed by atoms with E-state index < -0.39 is 9.84 Å². The van der Waals surface area contributed by atoms with Crippen molar-refractivity contribution in [2.24, 2.45) is 0 Å². The SMILES string of the molecule is Cc1cc(C(=O)CSc2nnc3sc4ccccc4n23)c(C)n1C1CCS(=O)(=O)C1. The summed E-state index contributed by atoms with van der Waals surface area (Å²) in [5.74, 6) is 0.620. The van der Waals surface area contributed by atoms with Crippen LogP contribution in [0.5, 0.6) is 0 Å². The van der Waals surface area contributed by atoms with Gasteiger partial charge in [0, 0.05) is 23.0 Å². The number of hydrogen-bond acceptors (Lipinski definition) is 7. The van der Waals surface area contributed by atoms with E-state index in [2.05, 4.69) is 10.2 Å². The van der Waals surface area contributed by atoms with E-state index in [9.17, 15) is 13.2 Å². The van der Waals surface area contributed by atoms with Gasteiger partial charge in [-0.15, -0.1) is 10.2 Å². The minimum absolute atomic E-state index is 0.0106. The van der Waals surface area contributed by atoms with Crippen LogP contribution in [0.15, 0.2) is 35.5 Å². The Hall–Kier alpha value is -2.17. The molecule has 0 aliphatic carbocycles. The number of aryl methyl sites for hydroxylation is 1. The number of thiazole rings is 1. The maximum atomic E-state index is 13.0. The first kappa shape index (κ1) is 19.8. The van der Waals surface area contributed by atoms with Crippen LogP contribution in [0, 0.1) is 13.8 Å². The number of carbonyl (C=O) groups is 1. The van der Waals surface area contributed by atoms with E-state index in [4.69, 9.17) is 0 Å². The Morgan fingerprint density at radius 2 is 2.07 bits per heavy atom. The third kappa shape index (κ3) is 3.27. The zero-order valence-electron chi connectivity index (χ0n) is 16.5. The number of carbonyl (C=O) groups excluding carboxylic acids is 1. The first-order chi connectivity index (χ1) is 14.3. The molecule has 30 heavy (non-hydrogen) atoms. The average Bonchev–Trinajstić information content (AvgIpc) is 3.42. The summed E-state index contributed by atoms with van der Waals surface area (Å²) in [5, 5.41) is 9.20. The molecule has 156 valence electrons. The zero-order chi connectivity index (χ0) is 21.0. The standard InChI is InChI=1S/C20H20N4O3S3/c1-12-9-15(13(2)23(12)14-7-8-30(26,27)11-14)17(25)10-28-19-21-22-20-24(19)16-5-3-4-6-18(16)29-20/h3-6,9,14H,7-8,10-11H2,1-2H3. The Balaban J connectivity index is 1.39. The predicted octanol–water partition coefficient (Wildman–Crippen LogP) is 3.70. The summed E-state index contributed by atoms with van der Waals surface area (Å²) in [6.07, 6.45) is 0.601. The number of sulfone groups is 1. The van der Waals surface area contributed by atoms with Crippen molar-refractivity contribution in [2.45, 2.75) is 31.5 Å². The second-order valence-electron chi connectivity index (χ2n) is 7.59. The van der Waals surface area contributed by atoms with E-state index in [1.54, 1.807) is 11.3 Å². The number of benzene rings is 1. The van der Waals surface area contributed by atoms with Crippen LogP contribution in [-0.2, 0) is 9.84 Å². The number of ketones is 1. The van der Waals surface area contributed by atoms with E-state index in [1.807, 2.05) is 53.1 Å². The monoisotopic (exact) mass is 460 g/mol. The van der Waals surface area contributed by atoms with Crippen LogP contribution in [0.1, 0.15) is 34.2 Å². The maximum absolute atomic E-state index is 13.0. The molecule has 5 rings (SSSR count). The van der Waals surface area contributed by atoms with Crippen LogP contribution in [0.2, 0.25) is 0 Å². The number of nitrogens with zero attached hydrogens (tertiary/aromatic N) is 4. The summed E-state index contributed by atoms with van der Waals surface area (Å²) < 4.78 is 28.9. The minimum Gasteiger partial charge on any atom is -0.344 e. The molecule has 0 N–H and O–H groups in total. The molecule has 0 radical (unpaired) electrons. The van der Waals surface area contributed by atoms with Gasteiger partial charge in [-0.25, -0.2) is 8.42 Å². The van der Waals surface area contributed by atoms with Crippen LogP contribution in [-0.4, -0.2) is 50.6 Å². The molecule has 1 aliphatic rings. The summed E-state index contributed by atoms with van der Waals surface area (Å²) in [6.45, 7) is 3.83. The second kappa shape index (κ2) is 7.21. The average molecular weight is 461 g/mol. The lowest BCUT2D eigenvalue weighted by molar-refractivity contribution is 0.102. The van der Waals surface area contributed by atoms with Crippen LogP contribution in [0.25, 0.3) is 15.2 Å². The number of aromatic nitrogens is 4. The molecule has 0 bridgehead atoms. The molecule has 7 nitrogen and oxygen atoms in total. The molecule has 1 unspecified atom stereocenters. The summed E-state index contributed by atoms with van der Waals surface area (Å²) in [4.78, 5) is 13.8. The molecule has 0 saturated carbocycles. The van der Waals surface area contributed by atoms with E-state index in [-0.39, 0.29) is 29.1 Å². The lowest BCUT2D eigenvalue weighted by Gasteiger charge is -2.16. The van der Waals surface area contributed by atoms with Gasteiger partial charge < -0.3 is 4.57 Å². The number of hydrogen-bond donors (Lipinski definition) is 0. The summed E-state index contributed by atoms with van der Waals surface area (Å²) >= 11 is 2.95. The first-order valence-electron chi connectivity index (χ1n) is 9.61. The molecule has 1 atom stereocenters. The maximum Gasteiger partial charge on any atom is 0.217 e. The Morgan fingerprint density at radius 1 is 1.27 bits per heavy atom. The highest BCUT2D eigenvalue weighted by Crippen LogP contribution is 2.32. The fourth-order valence-electron chi connectivity index (χ4n) is 4.26. The minimum atomic E-state index is -2.99. The molecule has 1 aromatic carbocycles.